The first-order valence-electron chi connectivity index (χ1n) is 6.32. The molecule has 1 aromatic heterocycles. The van der Waals surface area contributed by atoms with E-state index in [1.54, 1.807) is 11.3 Å². The minimum atomic E-state index is 0.111. The van der Waals surface area contributed by atoms with Crippen LogP contribution in [0.2, 0.25) is 0 Å². The van der Waals surface area contributed by atoms with Gasteiger partial charge in [-0.05, 0) is 30.7 Å². The van der Waals surface area contributed by atoms with E-state index >= 15 is 0 Å². The lowest BCUT2D eigenvalue weighted by Crippen LogP contribution is -2.05. The molecule has 2 aromatic carbocycles. The summed E-state index contributed by atoms with van der Waals surface area (Å²) in [5, 5.41) is 1.60. The largest absolute Gasteiger partial charge is 0.377 e. The van der Waals surface area contributed by atoms with Crippen molar-refractivity contribution < 1.29 is 4.74 Å². The third kappa shape index (κ3) is 2.15. The van der Waals surface area contributed by atoms with Crippen molar-refractivity contribution in [3.8, 4) is 0 Å². The molecule has 0 amide bonds. The number of fused-ring (bicyclic) bond motifs is 2. The van der Waals surface area contributed by atoms with Crippen LogP contribution in [0.5, 0.6) is 0 Å². The molecule has 1 heterocycles. The summed E-state index contributed by atoms with van der Waals surface area (Å²) in [7, 11) is 0. The summed E-state index contributed by atoms with van der Waals surface area (Å²) in [6.45, 7) is 3.11. The van der Waals surface area contributed by atoms with Gasteiger partial charge in [0.15, 0.2) is 5.43 Å². The second-order valence-corrected chi connectivity index (χ2v) is 5.44. The summed E-state index contributed by atoms with van der Waals surface area (Å²) < 4.78 is 7.52. The van der Waals surface area contributed by atoms with Crippen LogP contribution in [0.1, 0.15) is 12.5 Å². The molecule has 2 nitrogen and oxygen atoms in total. The fraction of sp³-hybridized carbons (Fsp3) is 0.188. The van der Waals surface area contributed by atoms with Gasteiger partial charge in [-0.1, -0.05) is 24.3 Å². The molecule has 0 aliphatic rings. The van der Waals surface area contributed by atoms with E-state index in [1.807, 2.05) is 49.4 Å². The van der Waals surface area contributed by atoms with Crippen LogP contribution in [-0.2, 0) is 11.3 Å². The molecule has 0 radical (unpaired) electrons. The van der Waals surface area contributed by atoms with Gasteiger partial charge in [0.1, 0.15) is 0 Å². The lowest BCUT2D eigenvalue weighted by atomic mass is 10.1. The Morgan fingerprint density at radius 3 is 2.68 bits per heavy atom. The van der Waals surface area contributed by atoms with Gasteiger partial charge in [0.2, 0.25) is 0 Å². The van der Waals surface area contributed by atoms with E-state index in [0.717, 1.165) is 25.7 Å². The molecule has 19 heavy (non-hydrogen) atoms. The predicted molar refractivity (Wildman–Crippen MR) is 80.9 cm³/mol. The number of rotatable bonds is 3. The Kier molecular flexibility index (Phi) is 3.32. The molecule has 0 fully saturated rings. The zero-order chi connectivity index (χ0) is 13.2. The van der Waals surface area contributed by atoms with Crippen molar-refractivity contribution in [3.63, 3.8) is 0 Å². The highest BCUT2D eigenvalue weighted by atomic mass is 32.1. The van der Waals surface area contributed by atoms with E-state index in [2.05, 4.69) is 0 Å². The highest BCUT2D eigenvalue weighted by Gasteiger charge is 2.09. The molecule has 3 heteroatoms. The highest BCUT2D eigenvalue weighted by Crippen LogP contribution is 2.26. The molecule has 0 spiro atoms. The van der Waals surface area contributed by atoms with Crippen LogP contribution in [0, 0.1) is 0 Å². The maximum atomic E-state index is 12.6. The summed E-state index contributed by atoms with van der Waals surface area (Å²) in [4.78, 5) is 12.6. The molecule has 0 saturated heterocycles. The van der Waals surface area contributed by atoms with Crippen LogP contribution in [0.4, 0.5) is 0 Å². The molecular weight excluding hydrogens is 256 g/mol. The minimum absolute atomic E-state index is 0.111. The molecule has 3 aromatic rings. The van der Waals surface area contributed by atoms with Crippen LogP contribution in [0.25, 0.3) is 20.2 Å². The summed E-state index contributed by atoms with van der Waals surface area (Å²) in [6.07, 6.45) is 0. The van der Waals surface area contributed by atoms with Gasteiger partial charge in [0, 0.05) is 26.8 Å². The molecule has 0 unspecified atom stereocenters. The number of benzene rings is 2. The zero-order valence-corrected chi connectivity index (χ0v) is 11.5. The summed E-state index contributed by atoms with van der Waals surface area (Å²) in [5.41, 5.74) is 1.09. The van der Waals surface area contributed by atoms with Gasteiger partial charge in [0.05, 0.1) is 6.61 Å². The maximum absolute atomic E-state index is 12.6. The van der Waals surface area contributed by atoms with E-state index in [1.165, 1.54) is 0 Å². The van der Waals surface area contributed by atoms with Crippen molar-refractivity contribution in [1.29, 1.82) is 0 Å². The van der Waals surface area contributed by atoms with Gasteiger partial charge in [-0.15, -0.1) is 11.3 Å². The summed E-state index contributed by atoms with van der Waals surface area (Å²) in [6, 6.07) is 13.7. The Morgan fingerprint density at radius 1 is 1.05 bits per heavy atom. The van der Waals surface area contributed by atoms with Crippen molar-refractivity contribution in [2.75, 3.05) is 6.61 Å². The van der Waals surface area contributed by atoms with E-state index in [9.17, 15) is 4.79 Å². The van der Waals surface area contributed by atoms with E-state index in [4.69, 9.17) is 4.74 Å². The van der Waals surface area contributed by atoms with Crippen LogP contribution >= 0.6 is 11.3 Å². The maximum Gasteiger partial charge on any atom is 0.196 e. The Bertz CT molecular complexity index is 789. The van der Waals surface area contributed by atoms with E-state index in [-0.39, 0.29) is 5.43 Å². The van der Waals surface area contributed by atoms with Crippen molar-refractivity contribution >= 4 is 31.5 Å². The Labute approximate surface area is 115 Å². The standard InChI is InChI=1S/C16H14O2S/c1-2-18-10-11-6-5-9-14-15(11)16(17)12-7-3-4-8-13(12)19-14/h3-9H,2,10H2,1H3. The molecule has 0 bridgehead atoms. The highest BCUT2D eigenvalue weighted by molar-refractivity contribution is 7.24. The average molecular weight is 270 g/mol. The van der Waals surface area contributed by atoms with E-state index in [0.29, 0.717) is 13.2 Å². The Balaban J connectivity index is 2.36. The smallest absolute Gasteiger partial charge is 0.196 e. The number of hydrogen-bond donors (Lipinski definition) is 0. The first-order chi connectivity index (χ1) is 9.31. The van der Waals surface area contributed by atoms with E-state index < -0.39 is 0 Å². The molecule has 0 aliphatic heterocycles. The van der Waals surface area contributed by atoms with Gasteiger partial charge in [0.25, 0.3) is 0 Å². The third-order valence-corrected chi connectivity index (χ3v) is 4.29. The van der Waals surface area contributed by atoms with Gasteiger partial charge in [-0.25, -0.2) is 0 Å². The summed E-state index contributed by atoms with van der Waals surface area (Å²) in [5.74, 6) is 0. The fourth-order valence-electron chi connectivity index (χ4n) is 2.25. The fourth-order valence-corrected chi connectivity index (χ4v) is 3.37. The van der Waals surface area contributed by atoms with Gasteiger partial charge < -0.3 is 4.74 Å². The molecule has 96 valence electrons. The van der Waals surface area contributed by atoms with Crippen molar-refractivity contribution in [2.24, 2.45) is 0 Å². The Morgan fingerprint density at radius 2 is 1.84 bits per heavy atom. The minimum Gasteiger partial charge on any atom is -0.377 e. The first kappa shape index (κ1) is 12.3. The van der Waals surface area contributed by atoms with Gasteiger partial charge >= 0.3 is 0 Å². The molecule has 3 rings (SSSR count). The van der Waals surface area contributed by atoms with Crippen molar-refractivity contribution in [3.05, 3.63) is 58.3 Å². The quantitative estimate of drug-likeness (QED) is 0.674. The topological polar surface area (TPSA) is 26.3 Å². The van der Waals surface area contributed by atoms with Crippen molar-refractivity contribution in [2.45, 2.75) is 13.5 Å². The van der Waals surface area contributed by atoms with Gasteiger partial charge in [-0.3, -0.25) is 4.79 Å². The number of ether oxygens (including phenoxy) is 1. The molecular formula is C16H14O2S. The lowest BCUT2D eigenvalue weighted by Gasteiger charge is -2.07. The number of hydrogen-bond acceptors (Lipinski definition) is 3. The molecule has 0 saturated carbocycles. The molecule has 0 N–H and O–H groups in total. The van der Waals surface area contributed by atoms with Gasteiger partial charge in [-0.2, -0.15) is 0 Å². The van der Waals surface area contributed by atoms with Crippen LogP contribution in [0.15, 0.2) is 47.3 Å². The Hall–Kier alpha value is -1.71. The second kappa shape index (κ2) is 5.11. The average Bonchev–Trinajstić information content (AvgIpc) is 2.45. The van der Waals surface area contributed by atoms with Crippen LogP contribution in [-0.4, -0.2) is 6.61 Å². The zero-order valence-electron chi connectivity index (χ0n) is 10.7. The third-order valence-electron chi connectivity index (χ3n) is 3.15. The summed E-state index contributed by atoms with van der Waals surface area (Å²) >= 11 is 1.66. The second-order valence-electron chi connectivity index (χ2n) is 4.35. The normalized spacial score (nSPS) is 11.2. The SMILES string of the molecule is CCOCc1cccc2sc3ccccc3c(=O)c12. The predicted octanol–water partition coefficient (Wildman–Crippen LogP) is 3.95. The van der Waals surface area contributed by atoms with Crippen molar-refractivity contribution in [1.82, 2.24) is 0 Å². The van der Waals surface area contributed by atoms with Crippen LogP contribution < -0.4 is 5.43 Å². The lowest BCUT2D eigenvalue weighted by molar-refractivity contribution is 0.135. The molecule has 0 atom stereocenters. The molecule has 0 aliphatic carbocycles. The monoisotopic (exact) mass is 270 g/mol. The van der Waals surface area contributed by atoms with Crippen LogP contribution in [0.3, 0.4) is 0 Å². The first-order valence-corrected chi connectivity index (χ1v) is 7.14.